The molecule has 0 bridgehead atoms. The van der Waals surface area contributed by atoms with Crippen molar-refractivity contribution in [2.75, 3.05) is 6.61 Å². The zero-order valence-corrected chi connectivity index (χ0v) is 14.6. The molecular formula is C19H16ClF2NO3. The number of rotatable bonds is 6. The largest absolute Gasteiger partial charge is 0.452 e. The summed E-state index contributed by atoms with van der Waals surface area (Å²) in [6, 6.07) is 9.22. The lowest BCUT2D eigenvalue weighted by molar-refractivity contribution is -0.144. The minimum absolute atomic E-state index is 0.131. The van der Waals surface area contributed by atoms with Crippen LogP contribution >= 0.6 is 11.6 Å². The van der Waals surface area contributed by atoms with Crippen LogP contribution in [0.3, 0.4) is 0 Å². The summed E-state index contributed by atoms with van der Waals surface area (Å²) in [5, 5.41) is 3.00. The first-order valence-corrected chi connectivity index (χ1v) is 8.07. The quantitative estimate of drug-likeness (QED) is 0.608. The SMILES string of the molecule is C[C@@H](NC(=O)COC(=O)/C=C/c1cccc(Cl)c1)c1ccc(F)cc1F. The normalized spacial score (nSPS) is 12.0. The highest BCUT2D eigenvalue weighted by Crippen LogP contribution is 2.17. The van der Waals surface area contributed by atoms with E-state index >= 15 is 0 Å². The zero-order chi connectivity index (χ0) is 19.1. The van der Waals surface area contributed by atoms with Crippen LogP contribution in [-0.4, -0.2) is 18.5 Å². The van der Waals surface area contributed by atoms with Gasteiger partial charge in [-0.1, -0.05) is 29.8 Å². The summed E-state index contributed by atoms with van der Waals surface area (Å²) in [5.41, 5.74) is 0.839. The Morgan fingerprint density at radius 1 is 1.23 bits per heavy atom. The lowest BCUT2D eigenvalue weighted by Crippen LogP contribution is -2.31. The highest BCUT2D eigenvalue weighted by atomic mass is 35.5. The number of esters is 1. The van der Waals surface area contributed by atoms with E-state index in [1.54, 1.807) is 24.3 Å². The summed E-state index contributed by atoms with van der Waals surface area (Å²) < 4.78 is 31.4. The molecule has 1 amide bonds. The first-order chi connectivity index (χ1) is 12.3. The van der Waals surface area contributed by atoms with Gasteiger partial charge in [0.05, 0.1) is 6.04 Å². The molecule has 0 fully saturated rings. The summed E-state index contributed by atoms with van der Waals surface area (Å²) in [6.45, 7) is 1.01. The van der Waals surface area contributed by atoms with Gasteiger partial charge in [-0.05, 0) is 36.8 Å². The number of benzene rings is 2. The van der Waals surface area contributed by atoms with E-state index in [0.29, 0.717) is 10.6 Å². The Balaban J connectivity index is 1.83. The first-order valence-electron chi connectivity index (χ1n) is 7.70. The van der Waals surface area contributed by atoms with Crippen molar-refractivity contribution in [3.63, 3.8) is 0 Å². The highest BCUT2D eigenvalue weighted by molar-refractivity contribution is 6.30. The molecule has 0 aromatic heterocycles. The van der Waals surface area contributed by atoms with E-state index < -0.39 is 36.2 Å². The molecule has 7 heteroatoms. The third kappa shape index (κ3) is 5.97. The third-order valence-electron chi connectivity index (χ3n) is 3.41. The van der Waals surface area contributed by atoms with Gasteiger partial charge in [-0.25, -0.2) is 13.6 Å². The Morgan fingerprint density at radius 2 is 2.00 bits per heavy atom. The number of halogens is 3. The van der Waals surface area contributed by atoms with Crippen LogP contribution in [0.25, 0.3) is 6.08 Å². The molecule has 26 heavy (non-hydrogen) atoms. The Kier molecular flexibility index (Phi) is 6.86. The molecule has 0 radical (unpaired) electrons. The second-order valence-corrected chi connectivity index (χ2v) is 5.89. The molecule has 2 aromatic rings. The molecule has 2 rings (SSSR count). The van der Waals surface area contributed by atoms with Gasteiger partial charge in [-0.3, -0.25) is 4.79 Å². The van der Waals surface area contributed by atoms with Crippen molar-refractivity contribution in [3.05, 3.63) is 76.3 Å². The Bertz CT molecular complexity index is 839. The monoisotopic (exact) mass is 379 g/mol. The van der Waals surface area contributed by atoms with Gasteiger partial charge in [-0.15, -0.1) is 0 Å². The van der Waals surface area contributed by atoms with Crippen LogP contribution in [0.5, 0.6) is 0 Å². The summed E-state index contributed by atoms with van der Waals surface area (Å²) in [4.78, 5) is 23.4. The van der Waals surface area contributed by atoms with Gasteiger partial charge >= 0.3 is 5.97 Å². The van der Waals surface area contributed by atoms with E-state index in [9.17, 15) is 18.4 Å². The number of carbonyl (C=O) groups is 2. The maximum absolute atomic E-state index is 13.7. The van der Waals surface area contributed by atoms with Crippen LogP contribution in [0.2, 0.25) is 5.02 Å². The van der Waals surface area contributed by atoms with Crippen molar-refractivity contribution in [2.45, 2.75) is 13.0 Å². The number of hydrogen-bond acceptors (Lipinski definition) is 3. The number of ether oxygens (including phenoxy) is 1. The van der Waals surface area contributed by atoms with Crippen molar-refractivity contribution in [3.8, 4) is 0 Å². The maximum atomic E-state index is 13.7. The molecule has 1 N–H and O–H groups in total. The second kappa shape index (κ2) is 9.10. The van der Waals surface area contributed by atoms with Gasteiger partial charge in [-0.2, -0.15) is 0 Å². The summed E-state index contributed by atoms with van der Waals surface area (Å²) >= 11 is 5.83. The molecule has 0 aliphatic rings. The van der Waals surface area contributed by atoms with Gasteiger partial charge < -0.3 is 10.1 Å². The lowest BCUT2D eigenvalue weighted by Gasteiger charge is -2.15. The standard InChI is InChI=1S/C19H16ClF2NO3/c1-12(16-7-6-15(21)10-17(16)22)23-18(24)11-26-19(25)8-5-13-3-2-4-14(20)9-13/h2-10,12H,11H2,1H3,(H,23,24)/b8-5+/t12-/m1/s1. The van der Waals surface area contributed by atoms with Gasteiger partial charge in [0.25, 0.3) is 5.91 Å². The van der Waals surface area contributed by atoms with E-state index in [2.05, 4.69) is 5.32 Å². The van der Waals surface area contributed by atoms with E-state index in [4.69, 9.17) is 16.3 Å². The van der Waals surface area contributed by atoms with Crippen LogP contribution in [0.4, 0.5) is 8.78 Å². The fourth-order valence-electron chi connectivity index (χ4n) is 2.17. The summed E-state index contributed by atoms with van der Waals surface area (Å²) in [5.74, 6) is -2.78. The minimum atomic E-state index is -0.765. The van der Waals surface area contributed by atoms with Gasteiger partial charge in [0.1, 0.15) is 11.6 Å². The van der Waals surface area contributed by atoms with E-state index in [1.165, 1.54) is 25.1 Å². The molecular weight excluding hydrogens is 364 g/mol. The topological polar surface area (TPSA) is 55.4 Å². The fourth-order valence-corrected chi connectivity index (χ4v) is 2.37. The summed E-state index contributed by atoms with van der Waals surface area (Å²) in [6.07, 6.45) is 2.67. The Morgan fingerprint density at radius 3 is 2.69 bits per heavy atom. The van der Waals surface area contributed by atoms with Crippen LogP contribution in [0.15, 0.2) is 48.5 Å². The van der Waals surface area contributed by atoms with Crippen molar-refractivity contribution in [1.29, 1.82) is 0 Å². The van der Waals surface area contributed by atoms with Gasteiger partial charge in [0, 0.05) is 22.7 Å². The zero-order valence-electron chi connectivity index (χ0n) is 13.8. The Hall–Kier alpha value is -2.73. The fraction of sp³-hybridized carbons (Fsp3) is 0.158. The molecule has 0 aliphatic heterocycles. The highest BCUT2D eigenvalue weighted by Gasteiger charge is 2.15. The van der Waals surface area contributed by atoms with E-state index in [0.717, 1.165) is 12.1 Å². The molecule has 136 valence electrons. The van der Waals surface area contributed by atoms with Crippen molar-refractivity contribution in [1.82, 2.24) is 5.32 Å². The lowest BCUT2D eigenvalue weighted by atomic mass is 10.1. The molecule has 0 saturated heterocycles. The number of nitrogens with one attached hydrogen (secondary N) is 1. The van der Waals surface area contributed by atoms with Crippen LogP contribution < -0.4 is 5.32 Å². The average molecular weight is 380 g/mol. The molecule has 1 atom stereocenters. The first kappa shape index (κ1) is 19.6. The molecule has 0 heterocycles. The summed E-state index contributed by atoms with van der Waals surface area (Å²) in [7, 11) is 0. The molecule has 0 unspecified atom stereocenters. The molecule has 0 saturated carbocycles. The van der Waals surface area contributed by atoms with E-state index in [-0.39, 0.29) is 5.56 Å². The smallest absolute Gasteiger partial charge is 0.331 e. The Labute approximate surface area is 154 Å². The van der Waals surface area contributed by atoms with Crippen LogP contribution in [0, 0.1) is 11.6 Å². The number of hydrogen-bond donors (Lipinski definition) is 1. The molecule has 0 spiro atoms. The van der Waals surface area contributed by atoms with Crippen molar-refractivity contribution >= 4 is 29.6 Å². The van der Waals surface area contributed by atoms with Crippen LogP contribution in [-0.2, 0) is 14.3 Å². The molecule has 4 nitrogen and oxygen atoms in total. The van der Waals surface area contributed by atoms with E-state index in [1.807, 2.05) is 0 Å². The minimum Gasteiger partial charge on any atom is -0.452 e. The molecule has 0 aliphatic carbocycles. The van der Waals surface area contributed by atoms with Crippen molar-refractivity contribution in [2.24, 2.45) is 0 Å². The predicted molar refractivity (Wildman–Crippen MR) is 94.4 cm³/mol. The second-order valence-electron chi connectivity index (χ2n) is 5.45. The number of amides is 1. The van der Waals surface area contributed by atoms with Gasteiger partial charge in [0.2, 0.25) is 0 Å². The third-order valence-corrected chi connectivity index (χ3v) is 3.65. The van der Waals surface area contributed by atoms with Crippen LogP contribution in [0.1, 0.15) is 24.1 Å². The van der Waals surface area contributed by atoms with Crippen molar-refractivity contribution < 1.29 is 23.1 Å². The maximum Gasteiger partial charge on any atom is 0.331 e. The average Bonchev–Trinajstić information content (AvgIpc) is 2.58. The number of carbonyl (C=O) groups excluding carboxylic acids is 2. The predicted octanol–water partition coefficient (Wildman–Crippen LogP) is 4.05. The van der Waals surface area contributed by atoms with Gasteiger partial charge in [0.15, 0.2) is 6.61 Å². The molecule has 2 aromatic carbocycles.